The zero-order chi connectivity index (χ0) is 26.6. The van der Waals surface area contributed by atoms with E-state index in [0.29, 0.717) is 30.1 Å². The number of benzene rings is 3. The van der Waals surface area contributed by atoms with Gasteiger partial charge in [0.05, 0.1) is 5.75 Å². The summed E-state index contributed by atoms with van der Waals surface area (Å²) < 4.78 is 14.2. The molecule has 0 spiro atoms. The van der Waals surface area contributed by atoms with Crippen LogP contribution in [0.3, 0.4) is 0 Å². The molecule has 0 radical (unpaired) electrons. The van der Waals surface area contributed by atoms with Gasteiger partial charge >= 0.3 is 0 Å². The van der Waals surface area contributed by atoms with Crippen molar-refractivity contribution >= 4 is 35.2 Å². The van der Waals surface area contributed by atoms with Crippen LogP contribution in [0.2, 0.25) is 5.02 Å². The number of thioether (sulfide) groups is 1. The third-order valence-electron chi connectivity index (χ3n) is 6.24. The molecule has 3 aromatic carbocycles. The Labute approximate surface area is 228 Å². The molecule has 0 aliphatic heterocycles. The molecule has 0 aromatic heterocycles. The molecule has 196 valence electrons. The molecule has 3 rings (SSSR count). The van der Waals surface area contributed by atoms with Crippen molar-refractivity contribution in [3.05, 3.63) is 106 Å². The number of unbranched alkanes of at least 4 members (excludes halogenated alkanes) is 1. The lowest BCUT2D eigenvalue weighted by molar-refractivity contribution is -0.139. The van der Waals surface area contributed by atoms with Crippen LogP contribution in [-0.2, 0) is 28.3 Å². The van der Waals surface area contributed by atoms with Crippen LogP contribution >= 0.6 is 23.4 Å². The van der Waals surface area contributed by atoms with Crippen LogP contribution < -0.4 is 5.32 Å². The first kappa shape index (κ1) is 28.7. The number of nitrogens with zero attached hydrogens (tertiary/aromatic N) is 1. The van der Waals surface area contributed by atoms with Crippen molar-refractivity contribution in [1.29, 1.82) is 0 Å². The quantitative estimate of drug-likeness (QED) is 0.249. The Balaban J connectivity index is 1.86. The topological polar surface area (TPSA) is 49.4 Å². The minimum atomic E-state index is -0.677. The normalized spacial score (nSPS) is 11.7. The van der Waals surface area contributed by atoms with Gasteiger partial charge in [0.25, 0.3) is 0 Å². The van der Waals surface area contributed by atoms with Crippen molar-refractivity contribution in [2.75, 3.05) is 12.3 Å². The van der Waals surface area contributed by atoms with Gasteiger partial charge in [0.15, 0.2) is 0 Å². The average Bonchev–Trinajstić information content (AvgIpc) is 2.89. The number of nitrogens with one attached hydrogen (secondary N) is 1. The second-order valence-electron chi connectivity index (χ2n) is 8.99. The van der Waals surface area contributed by atoms with E-state index in [1.165, 1.54) is 17.8 Å². The standard InChI is InChI=1S/C30H34ClFN2O2S/c1-3-4-17-33-30(36)28(18-23-12-6-5-7-13-23)34(19-24-14-9-8-11-22(24)2)29(35)21-37-20-25-26(31)15-10-16-27(25)32/h5-16,28H,3-4,17-21H2,1-2H3,(H,33,36)/t28-/m1/s1. The fourth-order valence-corrected chi connectivity index (χ4v) is 5.27. The molecule has 7 heteroatoms. The third-order valence-corrected chi connectivity index (χ3v) is 7.53. The summed E-state index contributed by atoms with van der Waals surface area (Å²) in [5.74, 6) is -0.360. The van der Waals surface area contributed by atoms with E-state index in [2.05, 4.69) is 12.2 Å². The summed E-state index contributed by atoms with van der Waals surface area (Å²) in [5, 5.41) is 3.37. The van der Waals surface area contributed by atoms with E-state index in [0.717, 1.165) is 29.5 Å². The van der Waals surface area contributed by atoms with Gasteiger partial charge in [0.2, 0.25) is 11.8 Å². The van der Waals surface area contributed by atoms with Gasteiger partial charge in [-0.25, -0.2) is 4.39 Å². The second-order valence-corrected chi connectivity index (χ2v) is 10.4. The first-order valence-corrected chi connectivity index (χ1v) is 14.1. The van der Waals surface area contributed by atoms with Crippen LogP contribution in [0.5, 0.6) is 0 Å². The molecule has 3 aromatic rings. The maximum atomic E-state index is 14.2. The van der Waals surface area contributed by atoms with Crippen molar-refractivity contribution in [1.82, 2.24) is 10.2 Å². The molecule has 0 saturated carbocycles. The fraction of sp³-hybridized carbons (Fsp3) is 0.333. The Hall–Kier alpha value is -2.83. The number of halogens is 2. The Bertz CT molecular complexity index is 1160. The summed E-state index contributed by atoms with van der Waals surface area (Å²) in [6, 6.07) is 21.5. The number of hydrogen-bond acceptors (Lipinski definition) is 3. The average molecular weight is 541 g/mol. The van der Waals surface area contributed by atoms with E-state index < -0.39 is 6.04 Å². The lowest BCUT2D eigenvalue weighted by Gasteiger charge is -2.32. The summed E-state index contributed by atoms with van der Waals surface area (Å²) in [5.41, 5.74) is 3.39. The van der Waals surface area contributed by atoms with Crippen molar-refractivity contribution in [2.45, 2.75) is 51.4 Å². The van der Waals surface area contributed by atoms with E-state index >= 15 is 0 Å². The number of carbonyl (C=O) groups excluding carboxylic acids is 2. The number of aryl methyl sites for hydroxylation is 1. The Kier molecular flexibility index (Phi) is 11.5. The van der Waals surface area contributed by atoms with E-state index in [-0.39, 0.29) is 29.1 Å². The highest BCUT2D eigenvalue weighted by Crippen LogP contribution is 2.25. The third kappa shape index (κ3) is 8.61. The van der Waals surface area contributed by atoms with Gasteiger partial charge in [0, 0.05) is 35.8 Å². The highest BCUT2D eigenvalue weighted by molar-refractivity contribution is 7.99. The van der Waals surface area contributed by atoms with Gasteiger partial charge < -0.3 is 10.2 Å². The molecule has 0 saturated heterocycles. The van der Waals surface area contributed by atoms with Crippen molar-refractivity contribution in [3.63, 3.8) is 0 Å². The molecule has 0 aliphatic rings. The van der Waals surface area contributed by atoms with Crippen molar-refractivity contribution < 1.29 is 14.0 Å². The van der Waals surface area contributed by atoms with E-state index in [1.54, 1.807) is 17.0 Å². The molecule has 2 amide bonds. The van der Waals surface area contributed by atoms with Gasteiger partial charge in [-0.1, -0.05) is 85.6 Å². The second kappa shape index (κ2) is 14.8. The number of amides is 2. The minimum Gasteiger partial charge on any atom is -0.354 e. The van der Waals surface area contributed by atoms with E-state index in [9.17, 15) is 14.0 Å². The Morgan fingerprint density at radius 3 is 2.46 bits per heavy atom. The molecular weight excluding hydrogens is 507 g/mol. The molecule has 0 unspecified atom stereocenters. The summed E-state index contributed by atoms with van der Waals surface area (Å²) >= 11 is 7.47. The number of rotatable bonds is 13. The molecule has 0 fully saturated rings. The zero-order valence-corrected chi connectivity index (χ0v) is 23.0. The molecule has 0 bridgehead atoms. The maximum Gasteiger partial charge on any atom is 0.243 e. The fourth-order valence-electron chi connectivity index (χ4n) is 4.02. The SMILES string of the molecule is CCCCNC(=O)[C@@H](Cc1ccccc1)N(Cc1ccccc1C)C(=O)CSCc1c(F)cccc1Cl. The molecule has 0 heterocycles. The van der Waals surface area contributed by atoms with E-state index in [4.69, 9.17) is 11.6 Å². The first-order valence-electron chi connectivity index (χ1n) is 12.6. The summed E-state index contributed by atoms with van der Waals surface area (Å²) in [6.07, 6.45) is 2.24. The minimum absolute atomic E-state index is 0.101. The molecule has 4 nitrogen and oxygen atoms in total. The van der Waals surface area contributed by atoms with Crippen LogP contribution in [0.15, 0.2) is 72.8 Å². The van der Waals surface area contributed by atoms with Gasteiger partial charge in [-0.05, 0) is 42.2 Å². The van der Waals surface area contributed by atoms with Crippen LogP contribution in [0.1, 0.15) is 42.0 Å². The highest BCUT2D eigenvalue weighted by atomic mass is 35.5. The van der Waals surface area contributed by atoms with E-state index in [1.807, 2.05) is 61.5 Å². The first-order chi connectivity index (χ1) is 17.9. The predicted octanol–water partition coefficient (Wildman–Crippen LogP) is 6.58. The molecular formula is C30H34ClFN2O2S. The molecule has 1 atom stereocenters. The Morgan fingerprint density at radius 1 is 1.03 bits per heavy atom. The van der Waals surface area contributed by atoms with Crippen LogP contribution in [0, 0.1) is 12.7 Å². The lowest BCUT2D eigenvalue weighted by Crippen LogP contribution is -2.51. The number of hydrogen-bond donors (Lipinski definition) is 1. The van der Waals surface area contributed by atoms with Crippen LogP contribution in [0.4, 0.5) is 4.39 Å². The predicted molar refractivity (Wildman–Crippen MR) is 151 cm³/mol. The van der Waals surface area contributed by atoms with Crippen molar-refractivity contribution in [3.8, 4) is 0 Å². The largest absolute Gasteiger partial charge is 0.354 e. The van der Waals surface area contributed by atoms with Crippen molar-refractivity contribution in [2.24, 2.45) is 0 Å². The zero-order valence-electron chi connectivity index (χ0n) is 21.4. The summed E-state index contributed by atoms with van der Waals surface area (Å²) in [4.78, 5) is 28.8. The van der Waals surface area contributed by atoms with Gasteiger partial charge in [-0.2, -0.15) is 0 Å². The monoisotopic (exact) mass is 540 g/mol. The highest BCUT2D eigenvalue weighted by Gasteiger charge is 2.30. The van der Waals surface area contributed by atoms with Crippen LogP contribution in [-0.4, -0.2) is 35.1 Å². The van der Waals surface area contributed by atoms with Gasteiger partial charge in [-0.15, -0.1) is 11.8 Å². The number of carbonyl (C=O) groups is 2. The smallest absolute Gasteiger partial charge is 0.243 e. The summed E-state index contributed by atoms with van der Waals surface area (Å²) in [7, 11) is 0. The molecule has 0 aliphatic carbocycles. The molecule has 37 heavy (non-hydrogen) atoms. The molecule has 1 N–H and O–H groups in total. The lowest BCUT2D eigenvalue weighted by atomic mass is 10.0. The van der Waals surface area contributed by atoms with Gasteiger partial charge in [0.1, 0.15) is 11.9 Å². The summed E-state index contributed by atoms with van der Waals surface area (Å²) in [6.45, 7) is 4.94. The maximum absolute atomic E-state index is 14.2. The Morgan fingerprint density at radius 2 is 1.76 bits per heavy atom. The van der Waals surface area contributed by atoms with Crippen LogP contribution in [0.25, 0.3) is 0 Å². The van der Waals surface area contributed by atoms with Gasteiger partial charge in [-0.3, -0.25) is 9.59 Å².